The van der Waals surface area contributed by atoms with Gasteiger partial charge in [-0.15, -0.1) is 0 Å². The molecule has 0 spiro atoms. The molecule has 186 valence electrons. The van der Waals surface area contributed by atoms with E-state index in [4.69, 9.17) is 9.47 Å². The number of rotatable bonds is 8. The van der Waals surface area contributed by atoms with E-state index in [-0.39, 0.29) is 17.9 Å². The summed E-state index contributed by atoms with van der Waals surface area (Å²) in [6, 6.07) is 10.2. The molecule has 1 unspecified atom stereocenters. The summed E-state index contributed by atoms with van der Waals surface area (Å²) in [6.45, 7) is 2.83. The van der Waals surface area contributed by atoms with Gasteiger partial charge in [0.25, 0.3) is 0 Å². The highest BCUT2D eigenvalue weighted by atomic mass is 32.2. The second-order valence-corrected chi connectivity index (χ2v) is 9.47. The molecule has 1 aliphatic rings. The summed E-state index contributed by atoms with van der Waals surface area (Å²) in [6.07, 6.45) is 1.89. The third-order valence-corrected chi connectivity index (χ3v) is 7.42. The Hall–Kier alpha value is -3.27. The first-order valence-corrected chi connectivity index (χ1v) is 12.2. The van der Waals surface area contributed by atoms with E-state index >= 15 is 8.78 Å². The third-order valence-electron chi connectivity index (χ3n) is 5.98. The predicted octanol–water partition coefficient (Wildman–Crippen LogP) is 5.15. The zero-order valence-corrected chi connectivity index (χ0v) is 20.5. The topological polar surface area (TPSA) is 54.9 Å². The molecule has 0 amide bonds. The minimum atomic E-state index is -2.39. The molecule has 35 heavy (non-hydrogen) atoms. The molecule has 3 aromatic rings. The van der Waals surface area contributed by atoms with E-state index in [1.807, 2.05) is 4.90 Å². The molecular formula is C25H26F3N3O3S. The van der Waals surface area contributed by atoms with Crippen LogP contribution in [-0.2, 0) is 17.5 Å². The summed E-state index contributed by atoms with van der Waals surface area (Å²) < 4.78 is 70.3. The summed E-state index contributed by atoms with van der Waals surface area (Å²) in [7, 11) is 0.572. The maximum absolute atomic E-state index is 15.5. The number of ether oxygens (including phenoxy) is 2. The largest absolute Gasteiger partial charge is 0.497 e. The van der Waals surface area contributed by atoms with Gasteiger partial charge in [0.15, 0.2) is 11.0 Å². The quantitative estimate of drug-likeness (QED) is 0.396. The maximum atomic E-state index is 15.5. The standard InChI is InChI=1S/C25H26F3N3O3S/c1-16-20(30-11-4-5-12-30)14-19(26)25(24(16)28)35(32)31(23-8-6-7-22(27)29-23)15-17-9-10-18(33-2)13-21(17)34-3/h6-10,13-14H,4-5,11-12,15H2,1-3H3. The molecule has 0 radical (unpaired) electrons. The number of hydrogen-bond acceptors (Lipinski definition) is 5. The normalized spacial score (nSPS) is 14.2. The van der Waals surface area contributed by atoms with Crippen molar-refractivity contribution in [1.29, 1.82) is 0 Å². The first-order chi connectivity index (χ1) is 16.8. The number of benzene rings is 2. The van der Waals surface area contributed by atoms with Crippen LogP contribution in [0.3, 0.4) is 0 Å². The van der Waals surface area contributed by atoms with Crippen LogP contribution in [0.15, 0.2) is 47.4 Å². The number of aromatic nitrogens is 1. The molecule has 6 nitrogen and oxygen atoms in total. The Morgan fingerprint density at radius 2 is 1.80 bits per heavy atom. The van der Waals surface area contributed by atoms with Crippen LogP contribution in [0, 0.1) is 24.5 Å². The molecule has 10 heteroatoms. The minimum Gasteiger partial charge on any atom is -0.497 e. The number of anilines is 2. The molecule has 2 heterocycles. The van der Waals surface area contributed by atoms with Crippen LogP contribution in [0.2, 0.25) is 0 Å². The Balaban J connectivity index is 1.79. The van der Waals surface area contributed by atoms with Gasteiger partial charge < -0.3 is 14.4 Å². The molecule has 4 rings (SSSR count). The average molecular weight is 506 g/mol. The van der Waals surface area contributed by atoms with Gasteiger partial charge in [-0.1, -0.05) is 6.07 Å². The van der Waals surface area contributed by atoms with Crippen LogP contribution in [0.4, 0.5) is 24.7 Å². The summed E-state index contributed by atoms with van der Waals surface area (Å²) in [5.74, 6) is -1.74. The average Bonchev–Trinajstić information content (AvgIpc) is 3.39. The maximum Gasteiger partial charge on any atom is 0.214 e. The zero-order valence-electron chi connectivity index (χ0n) is 19.7. The van der Waals surface area contributed by atoms with Crippen molar-refractivity contribution in [1.82, 2.24) is 4.98 Å². The Kier molecular flexibility index (Phi) is 7.49. The SMILES string of the molecule is COc1ccc(CN(c2cccc(F)n2)S(=O)c2c(F)cc(N3CCCC3)c(C)c2F)c(OC)c1. The van der Waals surface area contributed by atoms with Crippen molar-refractivity contribution in [2.24, 2.45) is 0 Å². The van der Waals surface area contributed by atoms with E-state index in [0.717, 1.165) is 23.2 Å². The van der Waals surface area contributed by atoms with Gasteiger partial charge in [-0.3, -0.25) is 4.31 Å². The van der Waals surface area contributed by atoms with Crippen LogP contribution in [0.1, 0.15) is 24.0 Å². The fraction of sp³-hybridized carbons (Fsp3) is 0.320. The second kappa shape index (κ2) is 10.6. The molecule has 2 aromatic carbocycles. The highest BCUT2D eigenvalue weighted by molar-refractivity contribution is 7.86. The molecule has 1 aliphatic heterocycles. The summed E-state index contributed by atoms with van der Waals surface area (Å²) in [5, 5.41) is 0. The molecule has 0 saturated carbocycles. The molecule has 0 aliphatic carbocycles. The van der Waals surface area contributed by atoms with Gasteiger partial charge in [0.05, 0.1) is 20.8 Å². The highest BCUT2D eigenvalue weighted by Gasteiger charge is 2.29. The lowest BCUT2D eigenvalue weighted by Gasteiger charge is -2.26. The monoisotopic (exact) mass is 505 g/mol. The third kappa shape index (κ3) is 5.07. The zero-order chi connectivity index (χ0) is 25.1. The Bertz CT molecular complexity index is 1250. The van der Waals surface area contributed by atoms with E-state index in [2.05, 4.69) is 4.98 Å². The molecular weight excluding hydrogens is 479 g/mol. The first kappa shape index (κ1) is 24.8. The molecule has 1 aromatic heterocycles. The number of halogens is 3. The number of pyridine rings is 1. The van der Waals surface area contributed by atoms with Crippen molar-refractivity contribution in [3.05, 3.63) is 71.2 Å². The summed E-state index contributed by atoms with van der Waals surface area (Å²) in [4.78, 5) is 5.13. The van der Waals surface area contributed by atoms with Gasteiger partial charge in [0.2, 0.25) is 5.95 Å². The van der Waals surface area contributed by atoms with Gasteiger partial charge in [-0.2, -0.15) is 4.39 Å². The van der Waals surface area contributed by atoms with Gasteiger partial charge in [0.1, 0.15) is 33.8 Å². The van der Waals surface area contributed by atoms with Crippen molar-refractivity contribution in [3.8, 4) is 11.5 Å². The van der Waals surface area contributed by atoms with Gasteiger partial charge in [-0.05, 0) is 50.1 Å². The fourth-order valence-electron chi connectivity index (χ4n) is 4.14. The molecule has 0 N–H and O–H groups in total. The Morgan fingerprint density at radius 1 is 1.06 bits per heavy atom. The van der Waals surface area contributed by atoms with Crippen molar-refractivity contribution in [2.75, 3.05) is 36.5 Å². The molecule has 1 atom stereocenters. The van der Waals surface area contributed by atoms with E-state index in [1.54, 1.807) is 25.1 Å². The molecule has 1 fully saturated rings. The van der Waals surface area contributed by atoms with Crippen LogP contribution in [0.25, 0.3) is 0 Å². The van der Waals surface area contributed by atoms with E-state index < -0.39 is 33.5 Å². The lowest BCUT2D eigenvalue weighted by molar-refractivity contribution is 0.391. The Morgan fingerprint density at radius 3 is 2.46 bits per heavy atom. The molecule has 1 saturated heterocycles. The summed E-state index contributed by atoms with van der Waals surface area (Å²) in [5.41, 5.74) is 1.20. The van der Waals surface area contributed by atoms with Crippen LogP contribution >= 0.6 is 0 Å². The number of hydrogen-bond donors (Lipinski definition) is 0. The Labute approximate surface area is 204 Å². The second-order valence-electron chi connectivity index (χ2n) is 8.12. The summed E-state index contributed by atoms with van der Waals surface area (Å²) >= 11 is 0. The number of methoxy groups -OCH3 is 2. The van der Waals surface area contributed by atoms with Crippen molar-refractivity contribution >= 4 is 22.5 Å². The van der Waals surface area contributed by atoms with Crippen molar-refractivity contribution in [2.45, 2.75) is 31.2 Å². The smallest absolute Gasteiger partial charge is 0.214 e. The lowest BCUT2D eigenvalue weighted by atomic mass is 10.1. The van der Waals surface area contributed by atoms with Crippen molar-refractivity contribution < 1.29 is 26.9 Å². The highest BCUT2D eigenvalue weighted by Crippen LogP contribution is 2.34. The fourth-order valence-corrected chi connectivity index (χ4v) is 5.42. The van der Waals surface area contributed by atoms with Gasteiger partial charge in [-0.25, -0.2) is 18.0 Å². The first-order valence-electron chi connectivity index (χ1n) is 11.1. The predicted molar refractivity (Wildman–Crippen MR) is 129 cm³/mol. The number of nitrogens with zero attached hydrogens (tertiary/aromatic N) is 3. The van der Waals surface area contributed by atoms with Crippen LogP contribution in [0.5, 0.6) is 11.5 Å². The van der Waals surface area contributed by atoms with E-state index in [9.17, 15) is 8.60 Å². The minimum absolute atomic E-state index is 0.0405. The van der Waals surface area contributed by atoms with Crippen molar-refractivity contribution in [3.63, 3.8) is 0 Å². The van der Waals surface area contributed by atoms with E-state index in [0.29, 0.717) is 35.8 Å². The van der Waals surface area contributed by atoms with Crippen LogP contribution < -0.4 is 18.7 Å². The van der Waals surface area contributed by atoms with Crippen LogP contribution in [-0.4, -0.2) is 36.5 Å². The van der Waals surface area contributed by atoms with Gasteiger partial charge in [0, 0.05) is 36.0 Å². The van der Waals surface area contributed by atoms with Gasteiger partial charge >= 0.3 is 0 Å². The lowest BCUT2D eigenvalue weighted by Crippen LogP contribution is -2.29. The van der Waals surface area contributed by atoms with E-state index in [1.165, 1.54) is 32.4 Å². The molecule has 0 bridgehead atoms.